The van der Waals surface area contributed by atoms with Crippen LogP contribution in [0.4, 0.5) is 0 Å². The van der Waals surface area contributed by atoms with Crippen molar-refractivity contribution in [3.8, 4) is 0 Å². The van der Waals surface area contributed by atoms with Crippen LogP contribution in [0.2, 0.25) is 0 Å². The number of unbranched alkanes of at least 4 members (excludes halogenated alkanes) is 57. The summed E-state index contributed by atoms with van der Waals surface area (Å²) in [6.45, 7) is 3.91. The first-order valence-electron chi connectivity index (χ1n) is 37.2. The molecule has 0 radical (unpaired) electrons. The minimum absolute atomic E-state index is 0.130. The number of aliphatic hydroxyl groups is 5. The highest BCUT2D eigenvalue weighted by Crippen LogP contribution is 2.24. The monoisotopic (exact) mass is 1160 g/mol. The van der Waals surface area contributed by atoms with Crippen LogP contribution in [0.1, 0.15) is 406 Å². The van der Waals surface area contributed by atoms with Crippen molar-refractivity contribution in [3.63, 3.8) is 0 Å². The van der Waals surface area contributed by atoms with Crippen LogP contribution in [0.25, 0.3) is 0 Å². The van der Waals surface area contributed by atoms with Crippen LogP contribution in [-0.4, -0.2) is 87.5 Å². The molecule has 0 spiro atoms. The average Bonchev–Trinajstić information content (AvgIpc) is 3.56. The van der Waals surface area contributed by atoms with Crippen molar-refractivity contribution < 1.29 is 39.8 Å². The molecule has 9 nitrogen and oxygen atoms in total. The standard InChI is InChI=1S/C73H145NO8/c1-3-5-7-9-11-13-15-17-19-21-23-25-27-29-30-31-32-33-34-35-36-37-39-41-43-45-47-49-51-53-55-57-59-61-63-69(77)74-66(65-81-73-72(80)71(79)70(78)68(64-75)82-73)67(76)62-60-58-56-54-52-50-48-46-44-42-40-38-28-26-24-22-20-18-16-14-12-10-8-6-4-2/h66-68,70-73,75-76,78-80H,3-65H2,1-2H3,(H,74,77). The molecule has 0 bridgehead atoms. The molecule has 0 aromatic rings. The third-order valence-corrected chi connectivity index (χ3v) is 18.5. The van der Waals surface area contributed by atoms with Crippen molar-refractivity contribution in [2.24, 2.45) is 0 Å². The number of aliphatic hydroxyl groups excluding tert-OH is 5. The molecule has 1 fully saturated rings. The summed E-state index contributed by atoms with van der Waals surface area (Å²) in [6, 6.07) is -0.715. The third kappa shape index (κ3) is 51.3. The van der Waals surface area contributed by atoms with E-state index in [1.54, 1.807) is 0 Å². The third-order valence-electron chi connectivity index (χ3n) is 18.5. The maximum Gasteiger partial charge on any atom is 0.220 e. The number of nitrogens with one attached hydrogen (secondary N) is 1. The molecule has 0 saturated carbocycles. The summed E-state index contributed by atoms with van der Waals surface area (Å²) in [7, 11) is 0. The maximum absolute atomic E-state index is 13.2. The van der Waals surface area contributed by atoms with Crippen LogP contribution >= 0.6 is 0 Å². The summed E-state index contributed by atoms with van der Waals surface area (Å²) in [4.78, 5) is 13.2. The van der Waals surface area contributed by atoms with Crippen LogP contribution < -0.4 is 5.32 Å². The van der Waals surface area contributed by atoms with E-state index in [4.69, 9.17) is 9.47 Å². The Bertz CT molecular complexity index is 1260. The lowest BCUT2D eigenvalue weighted by molar-refractivity contribution is -0.302. The van der Waals surface area contributed by atoms with Crippen LogP contribution in [0.3, 0.4) is 0 Å². The van der Waals surface area contributed by atoms with Gasteiger partial charge in [-0.3, -0.25) is 4.79 Å². The first kappa shape index (κ1) is 79.2. The van der Waals surface area contributed by atoms with Crippen molar-refractivity contribution in [3.05, 3.63) is 0 Å². The van der Waals surface area contributed by atoms with Gasteiger partial charge in [-0.25, -0.2) is 0 Å². The molecule has 1 saturated heterocycles. The lowest BCUT2D eigenvalue weighted by Gasteiger charge is -2.40. The highest BCUT2D eigenvalue weighted by atomic mass is 16.7. The van der Waals surface area contributed by atoms with Gasteiger partial charge in [0.2, 0.25) is 5.91 Å². The van der Waals surface area contributed by atoms with Gasteiger partial charge in [0.1, 0.15) is 24.4 Å². The number of hydrogen-bond donors (Lipinski definition) is 6. The first-order valence-corrected chi connectivity index (χ1v) is 37.2. The number of amides is 1. The van der Waals surface area contributed by atoms with Crippen LogP contribution in [0, 0.1) is 0 Å². The zero-order valence-corrected chi connectivity index (χ0v) is 55.0. The Labute approximate surface area is 510 Å². The van der Waals surface area contributed by atoms with E-state index >= 15 is 0 Å². The van der Waals surface area contributed by atoms with E-state index in [-0.39, 0.29) is 12.5 Å². The molecule has 82 heavy (non-hydrogen) atoms. The van der Waals surface area contributed by atoms with Crippen LogP contribution in [-0.2, 0) is 14.3 Å². The summed E-state index contributed by atoms with van der Waals surface area (Å²) in [6.07, 6.45) is 73.4. The summed E-state index contributed by atoms with van der Waals surface area (Å²) in [5, 5.41) is 55.0. The lowest BCUT2D eigenvalue weighted by Crippen LogP contribution is -2.60. The van der Waals surface area contributed by atoms with E-state index in [2.05, 4.69) is 19.2 Å². The van der Waals surface area contributed by atoms with Gasteiger partial charge in [-0.05, 0) is 12.8 Å². The van der Waals surface area contributed by atoms with Crippen molar-refractivity contribution in [2.75, 3.05) is 13.2 Å². The summed E-state index contributed by atoms with van der Waals surface area (Å²) >= 11 is 0. The molecule has 6 N–H and O–H groups in total. The zero-order chi connectivity index (χ0) is 59.3. The van der Waals surface area contributed by atoms with Gasteiger partial charge < -0.3 is 40.3 Å². The summed E-state index contributed by atoms with van der Waals surface area (Å²) < 4.78 is 11.4. The zero-order valence-electron chi connectivity index (χ0n) is 55.0. The smallest absolute Gasteiger partial charge is 0.220 e. The van der Waals surface area contributed by atoms with Gasteiger partial charge in [-0.1, -0.05) is 386 Å². The van der Waals surface area contributed by atoms with Gasteiger partial charge >= 0.3 is 0 Å². The van der Waals surface area contributed by atoms with Gasteiger partial charge in [0.25, 0.3) is 0 Å². The minimum atomic E-state index is -1.55. The Morgan fingerprint density at radius 1 is 0.366 bits per heavy atom. The van der Waals surface area contributed by atoms with Gasteiger partial charge in [-0.2, -0.15) is 0 Å². The molecule has 1 aliphatic heterocycles. The lowest BCUT2D eigenvalue weighted by atomic mass is 9.99. The number of hydrogen-bond acceptors (Lipinski definition) is 8. The quantitative estimate of drug-likeness (QED) is 0.0330. The fourth-order valence-corrected chi connectivity index (χ4v) is 12.6. The molecule has 1 rings (SSSR count). The number of carbonyl (C=O) groups is 1. The number of carbonyl (C=O) groups excluding carboxylic acids is 1. The molecular formula is C73H145NO8. The van der Waals surface area contributed by atoms with Gasteiger partial charge in [0.05, 0.1) is 25.4 Å². The molecule has 1 heterocycles. The van der Waals surface area contributed by atoms with Gasteiger partial charge in [-0.15, -0.1) is 0 Å². The summed E-state index contributed by atoms with van der Waals surface area (Å²) in [5.41, 5.74) is 0. The average molecular weight is 1160 g/mol. The Kier molecular flexibility index (Phi) is 61.1. The van der Waals surface area contributed by atoms with E-state index in [1.807, 2.05) is 0 Å². The largest absolute Gasteiger partial charge is 0.394 e. The molecule has 9 heteroatoms. The highest BCUT2D eigenvalue weighted by Gasteiger charge is 2.44. The fourth-order valence-electron chi connectivity index (χ4n) is 12.6. The molecule has 0 aromatic carbocycles. The Morgan fingerprint density at radius 2 is 0.610 bits per heavy atom. The fraction of sp³-hybridized carbons (Fsp3) is 0.986. The molecule has 7 unspecified atom stereocenters. The second kappa shape index (κ2) is 63.2. The highest BCUT2D eigenvalue weighted by molar-refractivity contribution is 5.76. The van der Waals surface area contributed by atoms with E-state index in [1.165, 1.54) is 340 Å². The normalized spacial score (nSPS) is 18.2. The molecule has 1 aliphatic rings. The molecule has 0 aromatic heterocycles. The number of rotatable bonds is 67. The Hall–Kier alpha value is -0.810. The predicted octanol–water partition coefficient (Wildman–Crippen LogP) is 20.5. The van der Waals surface area contributed by atoms with E-state index < -0.39 is 49.5 Å². The van der Waals surface area contributed by atoms with Crippen molar-refractivity contribution in [2.45, 2.75) is 448 Å². The summed E-state index contributed by atoms with van der Waals surface area (Å²) in [5.74, 6) is -0.132. The minimum Gasteiger partial charge on any atom is -0.394 e. The second-order valence-corrected chi connectivity index (χ2v) is 26.5. The molecule has 7 atom stereocenters. The Balaban J connectivity index is 2.06. The molecule has 0 aliphatic carbocycles. The van der Waals surface area contributed by atoms with Gasteiger partial charge in [0, 0.05) is 6.42 Å². The van der Waals surface area contributed by atoms with E-state index in [9.17, 15) is 30.3 Å². The van der Waals surface area contributed by atoms with Crippen LogP contribution in [0.15, 0.2) is 0 Å². The molecule has 490 valence electrons. The van der Waals surface area contributed by atoms with Crippen molar-refractivity contribution in [1.82, 2.24) is 5.32 Å². The Morgan fingerprint density at radius 3 is 0.866 bits per heavy atom. The molecule has 1 amide bonds. The molecular weight excluding hydrogens is 1020 g/mol. The van der Waals surface area contributed by atoms with E-state index in [0.29, 0.717) is 12.8 Å². The number of ether oxygens (including phenoxy) is 2. The first-order chi connectivity index (χ1) is 40.3. The van der Waals surface area contributed by atoms with Crippen molar-refractivity contribution in [1.29, 1.82) is 0 Å². The second-order valence-electron chi connectivity index (χ2n) is 26.5. The topological polar surface area (TPSA) is 149 Å². The predicted molar refractivity (Wildman–Crippen MR) is 351 cm³/mol. The van der Waals surface area contributed by atoms with Gasteiger partial charge in [0.15, 0.2) is 6.29 Å². The van der Waals surface area contributed by atoms with E-state index in [0.717, 1.165) is 38.5 Å². The maximum atomic E-state index is 13.2. The SMILES string of the molecule is CCCCCCCCCCCCCCCCCCCCCCCCCCCCCCCCCCCCC(=O)NC(COC1OC(CO)C(O)C(O)C1O)C(O)CCCCCCCCCCCCCCCCCCCCCCCCCCC. The van der Waals surface area contributed by atoms with Crippen molar-refractivity contribution >= 4 is 5.91 Å². The van der Waals surface area contributed by atoms with Crippen LogP contribution in [0.5, 0.6) is 0 Å².